The fourth-order valence-corrected chi connectivity index (χ4v) is 3.33. The predicted octanol–water partition coefficient (Wildman–Crippen LogP) is 4.83. The molecule has 0 aliphatic heterocycles. The molecule has 0 saturated heterocycles. The van der Waals surface area contributed by atoms with Crippen LogP contribution in [0.25, 0.3) is 22.8 Å². The second-order valence-electron chi connectivity index (χ2n) is 6.00. The van der Waals surface area contributed by atoms with Crippen LogP contribution in [0.5, 0.6) is 0 Å². The van der Waals surface area contributed by atoms with E-state index >= 15 is 0 Å². The van der Waals surface area contributed by atoms with Gasteiger partial charge in [-0.15, -0.1) is 10.2 Å². The molecule has 1 unspecified atom stereocenters. The first-order valence-electron chi connectivity index (χ1n) is 8.53. The standard InChI is InChI=1S/C19H15ClFN5OS/c1-2-26-17(11-6-8-14(21)9-7-11)23-24-18(26)15(28)16-22-19(27-25-16)12-4-3-5-13(20)10-12/h3-10,15,28H,2H2,1H3. The van der Waals surface area contributed by atoms with Gasteiger partial charge in [-0.3, -0.25) is 0 Å². The number of benzene rings is 2. The lowest BCUT2D eigenvalue weighted by molar-refractivity contribution is 0.422. The van der Waals surface area contributed by atoms with Crippen molar-refractivity contribution < 1.29 is 8.91 Å². The number of aromatic nitrogens is 5. The van der Waals surface area contributed by atoms with Gasteiger partial charge >= 0.3 is 0 Å². The smallest absolute Gasteiger partial charge is 0.258 e. The Labute approximate surface area is 170 Å². The van der Waals surface area contributed by atoms with E-state index in [0.717, 1.165) is 11.1 Å². The highest BCUT2D eigenvalue weighted by Crippen LogP contribution is 2.30. The normalized spacial score (nSPS) is 12.3. The Balaban J connectivity index is 1.67. The molecule has 0 aliphatic carbocycles. The highest BCUT2D eigenvalue weighted by atomic mass is 35.5. The summed E-state index contributed by atoms with van der Waals surface area (Å²) in [5, 5.41) is 12.6. The average Bonchev–Trinajstić information content (AvgIpc) is 3.35. The number of hydrogen-bond donors (Lipinski definition) is 1. The van der Waals surface area contributed by atoms with Crippen LogP contribution in [-0.4, -0.2) is 24.9 Å². The molecule has 0 saturated carbocycles. The van der Waals surface area contributed by atoms with E-state index in [9.17, 15) is 4.39 Å². The average molecular weight is 416 g/mol. The summed E-state index contributed by atoms with van der Waals surface area (Å²) in [7, 11) is 0. The zero-order valence-electron chi connectivity index (χ0n) is 14.8. The van der Waals surface area contributed by atoms with Crippen LogP contribution >= 0.6 is 24.2 Å². The highest BCUT2D eigenvalue weighted by molar-refractivity contribution is 7.80. The highest BCUT2D eigenvalue weighted by Gasteiger charge is 2.24. The maximum absolute atomic E-state index is 13.2. The summed E-state index contributed by atoms with van der Waals surface area (Å²) in [6, 6.07) is 13.2. The molecule has 6 nitrogen and oxygen atoms in total. The Morgan fingerprint density at radius 2 is 1.93 bits per heavy atom. The fraction of sp³-hybridized carbons (Fsp3) is 0.158. The van der Waals surface area contributed by atoms with E-state index in [1.807, 2.05) is 23.6 Å². The molecular formula is C19H15ClFN5OS. The summed E-state index contributed by atoms with van der Waals surface area (Å²) in [6.07, 6.45) is 0. The Hall–Kier alpha value is -2.71. The molecule has 2 aromatic carbocycles. The summed E-state index contributed by atoms with van der Waals surface area (Å²) in [5.74, 6) is 1.60. The molecule has 4 rings (SSSR count). The Kier molecular flexibility index (Phi) is 5.15. The summed E-state index contributed by atoms with van der Waals surface area (Å²) in [6.45, 7) is 2.57. The van der Waals surface area contributed by atoms with Crippen molar-refractivity contribution in [2.75, 3.05) is 0 Å². The molecule has 2 heterocycles. The van der Waals surface area contributed by atoms with Crippen molar-refractivity contribution in [1.82, 2.24) is 24.9 Å². The molecule has 0 fully saturated rings. The van der Waals surface area contributed by atoms with Crippen molar-refractivity contribution in [1.29, 1.82) is 0 Å². The Morgan fingerprint density at radius 1 is 1.14 bits per heavy atom. The monoisotopic (exact) mass is 415 g/mol. The van der Waals surface area contributed by atoms with Gasteiger partial charge in [0.2, 0.25) is 0 Å². The maximum Gasteiger partial charge on any atom is 0.258 e. The van der Waals surface area contributed by atoms with Crippen LogP contribution in [0.3, 0.4) is 0 Å². The molecule has 2 aromatic heterocycles. The number of rotatable bonds is 5. The molecule has 9 heteroatoms. The number of halogens is 2. The molecule has 0 N–H and O–H groups in total. The largest absolute Gasteiger partial charge is 0.334 e. The summed E-state index contributed by atoms with van der Waals surface area (Å²) in [5.41, 5.74) is 1.48. The van der Waals surface area contributed by atoms with Gasteiger partial charge in [0.05, 0.1) is 0 Å². The van der Waals surface area contributed by atoms with Crippen molar-refractivity contribution in [3.05, 3.63) is 71.0 Å². The topological polar surface area (TPSA) is 69.6 Å². The van der Waals surface area contributed by atoms with Gasteiger partial charge in [-0.05, 0) is 49.4 Å². The SMILES string of the molecule is CCn1c(-c2ccc(F)cc2)nnc1C(S)c1noc(-c2cccc(Cl)c2)n1. The van der Waals surface area contributed by atoms with Crippen LogP contribution in [0.4, 0.5) is 4.39 Å². The zero-order valence-corrected chi connectivity index (χ0v) is 16.4. The third-order valence-electron chi connectivity index (χ3n) is 4.20. The molecule has 142 valence electrons. The van der Waals surface area contributed by atoms with Crippen LogP contribution in [0, 0.1) is 5.82 Å². The van der Waals surface area contributed by atoms with Gasteiger partial charge in [-0.2, -0.15) is 17.6 Å². The van der Waals surface area contributed by atoms with Crippen molar-refractivity contribution in [3.8, 4) is 22.8 Å². The van der Waals surface area contributed by atoms with Gasteiger partial charge in [-0.1, -0.05) is 22.8 Å². The van der Waals surface area contributed by atoms with E-state index in [0.29, 0.717) is 34.9 Å². The lowest BCUT2D eigenvalue weighted by Gasteiger charge is -2.10. The van der Waals surface area contributed by atoms with E-state index in [2.05, 4.69) is 33.0 Å². The summed E-state index contributed by atoms with van der Waals surface area (Å²) >= 11 is 10.6. The van der Waals surface area contributed by atoms with Gasteiger partial charge in [-0.25, -0.2) is 4.39 Å². The molecule has 0 spiro atoms. The lowest BCUT2D eigenvalue weighted by atomic mass is 10.2. The molecular weight excluding hydrogens is 401 g/mol. The molecule has 0 amide bonds. The van der Waals surface area contributed by atoms with E-state index < -0.39 is 5.25 Å². The van der Waals surface area contributed by atoms with E-state index in [1.54, 1.807) is 24.3 Å². The fourth-order valence-electron chi connectivity index (χ4n) is 2.84. The van der Waals surface area contributed by atoms with Gasteiger partial charge in [0, 0.05) is 22.7 Å². The minimum atomic E-state index is -0.543. The van der Waals surface area contributed by atoms with Crippen LogP contribution in [-0.2, 0) is 6.54 Å². The molecule has 28 heavy (non-hydrogen) atoms. The van der Waals surface area contributed by atoms with Crippen molar-refractivity contribution >= 4 is 24.2 Å². The molecule has 0 aliphatic rings. The first-order chi connectivity index (χ1) is 13.6. The van der Waals surface area contributed by atoms with E-state index in [-0.39, 0.29) is 5.82 Å². The molecule has 1 atom stereocenters. The Bertz CT molecular complexity index is 1110. The molecule has 0 bridgehead atoms. The number of thiol groups is 1. The van der Waals surface area contributed by atoms with E-state index in [1.165, 1.54) is 12.1 Å². The van der Waals surface area contributed by atoms with Crippen molar-refractivity contribution in [2.24, 2.45) is 0 Å². The number of hydrogen-bond acceptors (Lipinski definition) is 6. The minimum absolute atomic E-state index is 0.307. The van der Waals surface area contributed by atoms with Crippen LogP contribution < -0.4 is 0 Å². The third-order valence-corrected chi connectivity index (χ3v) is 4.90. The predicted molar refractivity (Wildman–Crippen MR) is 107 cm³/mol. The van der Waals surface area contributed by atoms with Gasteiger partial charge in [0.25, 0.3) is 5.89 Å². The van der Waals surface area contributed by atoms with Crippen LogP contribution in [0.2, 0.25) is 5.02 Å². The molecule has 4 aromatic rings. The van der Waals surface area contributed by atoms with Crippen molar-refractivity contribution in [3.63, 3.8) is 0 Å². The maximum atomic E-state index is 13.2. The zero-order chi connectivity index (χ0) is 19.7. The van der Waals surface area contributed by atoms with Crippen LogP contribution in [0.15, 0.2) is 53.1 Å². The first-order valence-corrected chi connectivity index (χ1v) is 9.43. The quantitative estimate of drug-likeness (QED) is 0.473. The Morgan fingerprint density at radius 3 is 2.64 bits per heavy atom. The van der Waals surface area contributed by atoms with Crippen molar-refractivity contribution in [2.45, 2.75) is 18.7 Å². The second kappa shape index (κ2) is 7.73. The number of nitrogens with zero attached hydrogens (tertiary/aromatic N) is 5. The summed E-state index contributed by atoms with van der Waals surface area (Å²) < 4.78 is 20.5. The minimum Gasteiger partial charge on any atom is -0.334 e. The third kappa shape index (κ3) is 3.53. The summed E-state index contributed by atoms with van der Waals surface area (Å²) in [4.78, 5) is 4.42. The van der Waals surface area contributed by atoms with Crippen LogP contribution in [0.1, 0.15) is 23.8 Å². The van der Waals surface area contributed by atoms with E-state index in [4.69, 9.17) is 16.1 Å². The van der Waals surface area contributed by atoms with Gasteiger partial charge in [0.1, 0.15) is 11.1 Å². The lowest BCUT2D eigenvalue weighted by Crippen LogP contribution is -2.08. The second-order valence-corrected chi connectivity index (χ2v) is 6.96. The van der Waals surface area contributed by atoms with Gasteiger partial charge < -0.3 is 9.09 Å². The first kappa shape index (κ1) is 18.6. The molecule has 0 radical (unpaired) electrons. The van der Waals surface area contributed by atoms with Gasteiger partial charge in [0.15, 0.2) is 17.5 Å².